The first kappa shape index (κ1) is 13.9. The number of nitrogens with zero attached hydrogens (tertiary/aromatic N) is 1. The zero-order valence-electron chi connectivity index (χ0n) is 11.0. The molecule has 1 heterocycles. The van der Waals surface area contributed by atoms with E-state index in [1.807, 2.05) is 19.1 Å². The Kier molecular flexibility index (Phi) is 4.14. The largest absolute Gasteiger partial charge is 0.505 e. The summed E-state index contributed by atoms with van der Waals surface area (Å²) in [7, 11) is 0. The Morgan fingerprint density at radius 1 is 1.53 bits per heavy atom. The molecule has 1 amide bonds. The molecule has 1 fully saturated rings. The highest BCUT2D eigenvalue weighted by Gasteiger charge is 2.32. The van der Waals surface area contributed by atoms with Gasteiger partial charge in [-0.15, -0.1) is 0 Å². The van der Waals surface area contributed by atoms with Crippen LogP contribution >= 0.6 is 11.8 Å². The molecule has 4 nitrogen and oxygen atoms in total. The minimum absolute atomic E-state index is 0.00931. The molecule has 0 aliphatic carbocycles. The number of aromatic hydroxyl groups is 1. The number of carbonyl (C=O) groups excluding carboxylic acids is 2. The fraction of sp³-hybridized carbons (Fsp3) is 0.429. The van der Waals surface area contributed by atoms with Crippen molar-refractivity contribution in [2.24, 2.45) is 5.92 Å². The molecular weight excluding hydrogens is 262 g/mol. The highest BCUT2D eigenvalue weighted by Crippen LogP contribution is 2.35. The maximum absolute atomic E-state index is 12.0. The van der Waals surface area contributed by atoms with Gasteiger partial charge in [-0.05, 0) is 24.5 Å². The van der Waals surface area contributed by atoms with Crippen LogP contribution in [-0.4, -0.2) is 28.4 Å². The van der Waals surface area contributed by atoms with Crippen molar-refractivity contribution in [3.8, 4) is 5.75 Å². The van der Waals surface area contributed by atoms with E-state index in [1.54, 1.807) is 11.0 Å². The molecule has 0 aromatic heterocycles. The van der Waals surface area contributed by atoms with E-state index in [9.17, 15) is 14.7 Å². The number of phenols is 1. The van der Waals surface area contributed by atoms with E-state index in [0.29, 0.717) is 24.4 Å². The van der Waals surface area contributed by atoms with Crippen LogP contribution in [0, 0.1) is 12.8 Å². The number of para-hydroxylation sites is 1. The quantitative estimate of drug-likeness (QED) is 0.922. The summed E-state index contributed by atoms with van der Waals surface area (Å²) in [5.74, 6) is 0.997. The molecule has 1 aromatic rings. The van der Waals surface area contributed by atoms with Crippen molar-refractivity contribution in [2.75, 3.05) is 17.2 Å². The summed E-state index contributed by atoms with van der Waals surface area (Å²) < 4.78 is 0. The number of anilines is 1. The molecule has 1 aliphatic rings. The van der Waals surface area contributed by atoms with Gasteiger partial charge in [-0.25, -0.2) is 0 Å². The van der Waals surface area contributed by atoms with Crippen LogP contribution in [0.3, 0.4) is 0 Å². The van der Waals surface area contributed by atoms with Gasteiger partial charge in [0.1, 0.15) is 5.75 Å². The number of thioether (sulfide) groups is 1. The molecule has 5 heteroatoms. The van der Waals surface area contributed by atoms with Crippen molar-refractivity contribution in [1.29, 1.82) is 0 Å². The minimum Gasteiger partial charge on any atom is -0.505 e. The average molecular weight is 279 g/mol. The normalized spacial score (nSPS) is 18.9. The van der Waals surface area contributed by atoms with Crippen LogP contribution in [0.5, 0.6) is 5.75 Å². The number of rotatable bonds is 3. The van der Waals surface area contributed by atoms with Crippen LogP contribution < -0.4 is 4.90 Å². The zero-order valence-corrected chi connectivity index (χ0v) is 11.9. The predicted octanol–water partition coefficient (Wildman–Crippen LogP) is 2.33. The molecule has 2 rings (SSSR count). The molecule has 0 bridgehead atoms. The Morgan fingerprint density at radius 2 is 2.26 bits per heavy atom. The van der Waals surface area contributed by atoms with Crippen molar-refractivity contribution < 1.29 is 14.7 Å². The average Bonchev–Trinajstić information content (AvgIpc) is 2.71. The Balaban J connectivity index is 2.11. The topological polar surface area (TPSA) is 57.6 Å². The van der Waals surface area contributed by atoms with Gasteiger partial charge in [0, 0.05) is 25.6 Å². The number of benzene rings is 1. The number of aryl methyl sites for hydroxylation is 1. The first-order valence-corrected chi connectivity index (χ1v) is 7.20. The summed E-state index contributed by atoms with van der Waals surface area (Å²) >= 11 is 1.25. The van der Waals surface area contributed by atoms with Gasteiger partial charge in [0.25, 0.3) is 0 Å². The number of hydrogen-bond acceptors (Lipinski definition) is 4. The third-order valence-electron chi connectivity index (χ3n) is 3.23. The van der Waals surface area contributed by atoms with E-state index in [4.69, 9.17) is 0 Å². The second-order valence-corrected chi connectivity index (χ2v) is 6.02. The standard InChI is InChI=1S/C14H17NO3S/c1-9-4-3-5-12(14(9)18)15-7-11(6-13(15)17)8-19-10(2)16/h3-5,11,18H,6-8H2,1-2H3. The summed E-state index contributed by atoms with van der Waals surface area (Å²) in [5.41, 5.74) is 1.33. The van der Waals surface area contributed by atoms with Gasteiger partial charge in [0.2, 0.25) is 5.91 Å². The Bertz CT molecular complexity index is 515. The van der Waals surface area contributed by atoms with Crippen molar-refractivity contribution in [1.82, 2.24) is 0 Å². The molecule has 1 N–H and O–H groups in total. The minimum atomic E-state index is 0.00931. The molecular formula is C14H17NO3S. The van der Waals surface area contributed by atoms with Crippen LogP contribution in [0.1, 0.15) is 18.9 Å². The van der Waals surface area contributed by atoms with Gasteiger partial charge in [0.05, 0.1) is 5.69 Å². The molecule has 1 atom stereocenters. The van der Waals surface area contributed by atoms with Crippen molar-refractivity contribution >= 4 is 28.5 Å². The van der Waals surface area contributed by atoms with E-state index >= 15 is 0 Å². The Hall–Kier alpha value is -1.49. The van der Waals surface area contributed by atoms with E-state index in [-0.39, 0.29) is 22.7 Å². The maximum Gasteiger partial charge on any atom is 0.227 e. The second kappa shape index (κ2) is 5.65. The van der Waals surface area contributed by atoms with Crippen LogP contribution in [0.25, 0.3) is 0 Å². The number of hydrogen-bond donors (Lipinski definition) is 1. The third kappa shape index (κ3) is 3.10. The van der Waals surface area contributed by atoms with Gasteiger partial charge in [-0.1, -0.05) is 23.9 Å². The van der Waals surface area contributed by atoms with Crippen LogP contribution in [0.4, 0.5) is 5.69 Å². The highest BCUT2D eigenvalue weighted by molar-refractivity contribution is 8.13. The fourth-order valence-electron chi connectivity index (χ4n) is 2.22. The van der Waals surface area contributed by atoms with Gasteiger partial charge < -0.3 is 10.0 Å². The lowest BCUT2D eigenvalue weighted by molar-refractivity contribution is -0.117. The molecule has 19 heavy (non-hydrogen) atoms. The summed E-state index contributed by atoms with van der Waals surface area (Å²) in [6.07, 6.45) is 0.438. The number of phenolic OH excluding ortho intramolecular Hbond substituents is 1. The predicted molar refractivity (Wildman–Crippen MR) is 76.4 cm³/mol. The smallest absolute Gasteiger partial charge is 0.227 e. The fourth-order valence-corrected chi connectivity index (χ4v) is 2.92. The number of amides is 1. The molecule has 0 radical (unpaired) electrons. The Labute approximate surface area is 116 Å². The zero-order chi connectivity index (χ0) is 14.0. The number of carbonyl (C=O) groups is 2. The lowest BCUT2D eigenvalue weighted by Gasteiger charge is -2.18. The van der Waals surface area contributed by atoms with Crippen molar-refractivity contribution in [2.45, 2.75) is 20.3 Å². The van der Waals surface area contributed by atoms with E-state index in [0.717, 1.165) is 5.56 Å². The monoisotopic (exact) mass is 279 g/mol. The summed E-state index contributed by atoms with van der Waals surface area (Å²) in [4.78, 5) is 24.6. The van der Waals surface area contributed by atoms with Gasteiger partial charge in [-0.3, -0.25) is 9.59 Å². The molecule has 0 saturated carbocycles. The van der Waals surface area contributed by atoms with Crippen LogP contribution in [0.2, 0.25) is 0 Å². The van der Waals surface area contributed by atoms with Gasteiger partial charge >= 0.3 is 0 Å². The molecule has 0 spiro atoms. The molecule has 1 aliphatic heterocycles. The van der Waals surface area contributed by atoms with Gasteiger partial charge in [0.15, 0.2) is 5.12 Å². The van der Waals surface area contributed by atoms with Gasteiger partial charge in [-0.2, -0.15) is 0 Å². The van der Waals surface area contributed by atoms with Crippen molar-refractivity contribution in [3.63, 3.8) is 0 Å². The first-order chi connectivity index (χ1) is 8.99. The lowest BCUT2D eigenvalue weighted by Crippen LogP contribution is -2.24. The molecule has 1 unspecified atom stereocenters. The lowest BCUT2D eigenvalue weighted by atomic mass is 10.1. The molecule has 102 valence electrons. The summed E-state index contributed by atoms with van der Waals surface area (Å²) in [6, 6.07) is 5.39. The third-order valence-corrected chi connectivity index (χ3v) is 4.28. The SMILES string of the molecule is CC(=O)SCC1CC(=O)N(c2cccc(C)c2O)C1. The van der Waals surface area contributed by atoms with E-state index in [1.165, 1.54) is 18.7 Å². The second-order valence-electron chi connectivity index (χ2n) is 4.82. The van der Waals surface area contributed by atoms with E-state index in [2.05, 4.69) is 0 Å². The summed E-state index contributed by atoms with van der Waals surface area (Å²) in [5, 5.41) is 10.1. The first-order valence-electron chi connectivity index (χ1n) is 6.21. The Morgan fingerprint density at radius 3 is 2.95 bits per heavy atom. The van der Waals surface area contributed by atoms with Crippen LogP contribution in [-0.2, 0) is 9.59 Å². The van der Waals surface area contributed by atoms with E-state index < -0.39 is 0 Å². The highest BCUT2D eigenvalue weighted by atomic mass is 32.2. The maximum atomic E-state index is 12.0. The molecule has 1 saturated heterocycles. The molecule has 1 aromatic carbocycles. The van der Waals surface area contributed by atoms with Crippen molar-refractivity contribution in [3.05, 3.63) is 23.8 Å². The summed E-state index contributed by atoms with van der Waals surface area (Å²) in [6.45, 7) is 3.91. The van der Waals surface area contributed by atoms with Crippen LogP contribution in [0.15, 0.2) is 18.2 Å².